The van der Waals surface area contributed by atoms with Crippen LogP contribution in [0.25, 0.3) is 0 Å². The molecule has 0 aliphatic carbocycles. The number of rotatable bonds is 7. The fourth-order valence-corrected chi connectivity index (χ4v) is 1.87. The van der Waals surface area contributed by atoms with Crippen LogP contribution in [0.1, 0.15) is 5.76 Å². The lowest BCUT2D eigenvalue weighted by Gasteiger charge is -2.10. The number of likely N-dealkylation sites (N-methyl/N-ethyl adjacent to an activating group) is 1. The van der Waals surface area contributed by atoms with Gasteiger partial charge in [0.1, 0.15) is 5.76 Å². The fraction of sp³-hybridized carbons (Fsp3) is 0.500. The number of nitrogens with zero attached hydrogens (tertiary/aromatic N) is 2. The maximum atomic E-state index is 11.6. The van der Waals surface area contributed by atoms with E-state index in [-0.39, 0.29) is 35.8 Å². The van der Waals surface area contributed by atoms with E-state index in [1.807, 2.05) is 0 Å². The highest BCUT2D eigenvalue weighted by molar-refractivity contribution is 8.00. The Morgan fingerprint density at radius 1 is 1.29 bits per heavy atom. The second kappa shape index (κ2) is 8.30. The summed E-state index contributed by atoms with van der Waals surface area (Å²) in [4.78, 5) is 35.7. The van der Waals surface area contributed by atoms with Crippen molar-refractivity contribution in [2.24, 2.45) is 0 Å². The monoisotopic (exact) mass is 314 g/mol. The van der Waals surface area contributed by atoms with Gasteiger partial charge in [0.05, 0.1) is 18.1 Å². The molecule has 116 valence electrons. The first-order chi connectivity index (χ1) is 9.88. The fourth-order valence-electron chi connectivity index (χ4n) is 1.22. The summed E-state index contributed by atoms with van der Waals surface area (Å²) in [7, 11) is 3.22. The van der Waals surface area contributed by atoms with Crippen molar-refractivity contribution in [3.05, 3.63) is 11.8 Å². The van der Waals surface area contributed by atoms with Gasteiger partial charge in [-0.2, -0.15) is 0 Å². The molecule has 0 unspecified atom stereocenters. The summed E-state index contributed by atoms with van der Waals surface area (Å²) in [5.41, 5.74) is 0. The maximum absolute atomic E-state index is 11.6. The van der Waals surface area contributed by atoms with Crippen LogP contribution < -0.4 is 10.6 Å². The molecule has 0 aliphatic heterocycles. The van der Waals surface area contributed by atoms with Crippen molar-refractivity contribution in [1.29, 1.82) is 0 Å². The molecular weight excluding hydrogens is 296 g/mol. The molecule has 1 aromatic rings. The molecule has 0 aromatic carbocycles. The summed E-state index contributed by atoms with van der Waals surface area (Å²) >= 11 is 1.15. The molecule has 9 heteroatoms. The predicted molar refractivity (Wildman–Crippen MR) is 78.9 cm³/mol. The molecule has 0 bridgehead atoms. The SMILES string of the molecule is Cc1cc(NC(=O)CSCC(=O)NCC(=O)N(C)C)no1. The van der Waals surface area contributed by atoms with E-state index < -0.39 is 0 Å². The minimum atomic E-state index is -0.291. The predicted octanol–water partition coefficient (Wildman–Crippen LogP) is -0.141. The third-order valence-electron chi connectivity index (χ3n) is 2.30. The van der Waals surface area contributed by atoms with E-state index in [2.05, 4.69) is 15.8 Å². The van der Waals surface area contributed by atoms with Crippen LogP contribution in [0.2, 0.25) is 0 Å². The molecule has 0 atom stereocenters. The number of carbonyl (C=O) groups is 3. The van der Waals surface area contributed by atoms with E-state index in [4.69, 9.17) is 4.52 Å². The number of aryl methyl sites for hydroxylation is 1. The molecule has 3 amide bonds. The van der Waals surface area contributed by atoms with Crippen LogP contribution in [-0.4, -0.2) is 59.9 Å². The van der Waals surface area contributed by atoms with Gasteiger partial charge in [-0.3, -0.25) is 14.4 Å². The number of thioether (sulfide) groups is 1. The van der Waals surface area contributed by atoms with Gasteiger partial charge in [0, 0.05) is 20.2 Å². The molecular formula is C12H18N4O4S. The molecule has 1 rings (SSSR count). The standard InChI is InChI=1S/C12H18N4O4S/c1-8-4-9(15-20-8)14-11(18)7-21-6-10(17)13-5-12(19)16(2)3/h4H,5-7H2,1-3H3,(H,13,17)(H,14,15,18). The van der Waals surface area contributed by atoms with E-state index in [9.17, 15) is 14.4 Å². The van der Waals surface area contributed by atoms with E-state index in [1.54, 1.807) is 27.1 Å². The van der Waals surface area contributed by atoms with E-state index in [1.165, 1.54) is 4.90 Å². The minimum Gasteiger partial charge on any atom is -0.360 e. The zero-order valence-electron chi connectivity index (χ0n) is 12.1. The Hall–Kier alpha value is -2.03. The molecule has 2 N–H and O–H groups in total. The largest absolute Gasteiger partial charge is 0.360 e. The van der Waals surface area contributed by atoms with E-state index >= 15 is 0 Å². The van der Waals surface area contributed by atoms with Crippen LogP contribution in [0.15, 0.2) is 10.6 Å². The van der Waals surface area contributed by atoms with Crippen molar-refractivity contribution in [1.82, 2.24) is 15.4 Å². The van der Waals surface area contributed by atoms with Crippen molar-refractivity contribution >= 4 is 35.3 Å². The molecule has 0 fully saturated rings. The average Bonchev–Trinajstić information content (AvgIpc) is 2.81. The summed E-state index contributed by atoms with van der Waals surface area (Å²) < 4.78 is 4.81. The summed E-state index contributed by atoms with van der Waals surface area (Å²) in [5.74, 6) is 0.410. The van der Waals surface area contributed by atoms with Gasteiger partial charge in [-0.25, -0.2) is 0 Å². The highest BCUT2D eigenvalue weighted by atomic mass is 32.2. The van der Waals surface area contributed by atoms with Gasteiger partial charge < -0.3 is 20.1 Å². The van der Waals surface area contributed by atoms with Gasteiger partial charge >= 0.3 is 0 Å². The summed E-state index contributed by atoms with van der Waals surface area (Å²) in [5, 5.41) is 8.65. The number of nitrogens with one attached hydrogen (secondary N) is 2. The Morgan fingerprint density at radius 3 is 2.52 bits per heavy atom. The zero-order valence-corrected chi connectivity index (χ0v) is 13.0. The van der Waals surface area contributed by atoms with Gasteiger partial charge in [-0.1, -0.05) is 5.16 Å². The number of amides is 3. The number of hydrogen-bond donors (Lipinski definition) is 2. The first kappa shape index (κ1) is 17.0. The Bertz CT molecular complexity index is 515. The minimum absolute atomic E-state index is 0.0448. The van der Waals surface area contributed by atoms with Crippen LogP contribution in [0.3, 0.4) is 0 Å². The Morgan fingerprint density at radius 2 is 1.95 bits per heavy atom. The van der Waals surface area contributed by atoms with Crippen LogP contribution in [-0.2, 0) is 14.4 Å². The first-order valence-corrected chi connectivity index (χ1v) is 7.31. The van der Waals surface area contributed by atoms with Gasteiger partial charge in [-0.05, 0) is 6.92 Å². The Balaban J connectivity index is 2.16. The third kappa shape index (κ3) is 6.80. The summed E-state index contributed by atoms with van der Waals surface area (Å²) in [6, 6.07) is 1.60. The van der Waals surface area contributed by atoms with E-state index in [0.29, 0.717) is 11.6 Å². The number of aromatic nitrogens is 1. The smallest absolute Gasteiger partial charge is 0.241 e. The third-order valence-corrected chi connectivity index (χ3v) is 3.23. The van der Waals surface area contributed by atoms with Gasteiger partial charge in [0.2, 0.25) is 17.7 Å². The molecule has 8 nitrogen and oxygen atoms in total. The lowest BCUT2D eigenvalue weighted by atomic mass is 10.5. The molecule has 0 radical (unpaired) electrons. The maximum Gasteiger partial charge on any atom is 0.241 e. The van der Waals surface area contributed by atoms with Crippen molar-refractivity contribution in [3.8, 4) is 0 Å². The van der Waals surface area contributed by atoms with Crippen LogP contribution in [0.4, 0.5) is 5.82 Å². The Kier molecular flexibility index (Phi) is 6.73. The lowest BCUT2D eigenvalue weighted by molar-refractivity contribution is -0.130. The van der Waals surface area contributed by atoms with Crippen LogP contribution in [0.5, 0.6) is 0 Å². The normalized spacial score (nSPS) is 10.0. The second-order valence-electron chi connectivity index (χ2n) is 4.43. The van der Waals surface area contributed by atoms with Crippen molar-refractivity contribution in [2.75, 3.05) is 37.5 Å². The van der Waals surface area contributed by atoms with Gasteiger partial charge in [-0.15, -0.1) is 11.8 Å². The molecule has 1 heterocycles. The highest BCUT2D eigenvalue weighted by Crippen LogP contribution is 2.08. The molecule has 0 saturated carbocycles. The molecule has 0 saturated heterocycles. The average molecular weight is 314 g/mol. The number of carbonyl (C=O) groups excluding carboxylic acids is 3. The first-order valence-electron chi connectivity index (χ1n) is 6.16. The summed E-state index contributed by atoms with van der Waals surface area (Å²) in [6.07, 6.45) is 0. The molecule has 21 heavy (non-hydrogen) atoms. The lowest BCUT2D eigenvalue weighted by Crippen LogP contribution is -2.37. The molecule has 0 aliphatic rings. The van der Waals surface area contributed by atoms with Gasteiger partial charge in [0.15, 0.2) is 5.82 Å². The van der Waals surface area contributed by atoms with Crippen molar-refractivity contribution in [3.63, 3.8) is 0 Å². The van der Waals surface area contributed by atoms with Crippen molar-refractivity contribution in [2.45, 2.75) is 6.92 Å². The molecule has 0 spiro atoms. The van der Waals surface area contributed by atoms with Crippen molar-refractivity contribution < 1.29 is 18.9 Å². The van der Waals surface area contributed by atoms with Crippen LogP contribution >= 0.6 is 11.8 Å². The van der Waals surface area contributed by atoms with Crippen LogP contribution in [0, 0.1) is 6.92 Å². The molecule has 1 aromatic heterocycles. The summed E-state index contributed by atoms with van der Waals surface area (Å²) in [6.45, 7) is 1.67. The van der Waals surface area contributed by atoms with E-state index in [0.717, 1.165) is 11.8 Å². The highest BCUT2D eigenvalue weighted by Gasteiger charge is 2.10. The number of anilines is 1. The quantitative estimate of drug-likeness (QED) is 0.726. The van der Waals surface area contributed by atoms with Gasteiger partial charge in [0.25, 0.3) is 0 Å². The Labute approximate surface area is 126 Å². The zero-order chi connectivity index (χ0) is 15.8. The second-order valence-corrected chi connectivity index (χ2v) is 5.41. The topological polar surface area (TPSA) is 105 Å². The number of hydrogen-bond acceptors (Lipinski definition) is 6.